The summed E-state index contributed by atoms with van der Waals surface area (Å²) in [4.78, 5) is 217. The van der Waals surface area contributed by atoms with Gasteiger partial charge in [-0.3, -0.25) is 72.0 Å². The lowest BCUT2D eigenvalue weighted by molar-refractivity contribution is -0.256. The Morgan fingerprint density at radius 3 is 1.18 bits per heavy atom. The third kappa shape index (κ3) is 26.7. The highest BCUT2D eigenvalue weighted by atomic mass is 35.5. The molecule has 2 aromatic rings. The second kappa shape index (κ2) is 41.1. The normalized spacial score (nSPS) is 21.4. The molecule has 9 rings (SSSR count). The van der Waals surface area contributed by atoms with E-state index in [9.17, 15) is 103 Å². The Morgan fingerprint density at radius 2 is 0.861 bits per heavy atom. The second-order valence-corrected chi connectivity index (χ2v) is 37.7. The van der Waals surface area contributed by atoms with Crippen LogP contribution in [0.2, 0.25) is 0 Å². The summed E-state index contributed by atoms with van der Waals surface area (Å²) in [6.07, 6.45) is -9.43. The Bertz CT molecular complexity index is 4160. The van der Waals surface area contributed by atoms with E-state index in [1.54, 1.807) is 108 Å². The van der Waals surface area contributed by atoms with Crippen LogP contribution < -0.4 is 21.7 Å². The number of ketones is 6. The van der Waals surface area contributed by atoms with E-state index in [0.717, 1.165) is 25.7 Å². The third-order valence-electron chi connectivity index (χ3n) is 23.7. The number of hydroxylamine groups is 2. The van der Waals surface area contributed by atoms with Crippen molar-refractivity contribution in [2.75, 3.05) is 41.3 Å². The molecule has 7 fully saturated rings. The van der Waals surface area contributed by atoms with Crippen LogP contribution in [0.3, 0.4) is 0 Å². The van der Waals surface area contributed by atoms with Gasteiger partial charge in [0.15, 0.2) is 23.1 Å². The third-order valence-corrected chi connectivity index (χ3v) is 23.7. The van der Waals surface area contributed by atoms with Crippen LogP contribution in [0.4, 0.5) is 35.9 Å². The smallest absolute Gasteiger partial charge is 0.434 e. The van der Waals surface area contributed by atoms with E-state index in [1.165, 1.54) is 21.1 Å². The molecule has 680 valence electrons. The molecule has 4 unspecified atom stereocenters. The summed E-state index contributed by atoms with van der Waals surface area (Å²) in [5.74, 6) is -9.35. The van der Waals surface area contributed by atoms with Crippen molar-refractivity contribution in [3.8, 4) is 0 Å². The standard InChI is InChI=1S/C40H55F3N4O8.C35H50N4O6.C9H10F3NO5.C3H8.ClH/c1-37(2,3)33(45-36(54)55-39(6,7)40(41,42)43)35(53)47-21-25-29(38(25,4)5)31(47)27(49)20-24(19-22-15-16-22)32(51)26(48)17-18-28(50)44-30(34(52)46(8)9)23-13-11-10-12-14-23;1-34(2,3)31(36)33(45)39-19-23-27(35(23,4)5)29(39)25(41)18-22(17-20-13-14-20)30(43)24(40)15-16-26(42)37-28(32(44)38(6)7)21-11-9-8-10-12-21;1-8(2,9(10,11)12)17-7(16)18-13-5(14)3-4-6(13)15;1-3-2;/h10-14,22,24-25,29-31,33H,15-21H2,1-9H3,(H,44,50)(H,45,54);8-12,20,22-23,27-29,31H,13-19,36H2,1-7H3,(H,37,42);3-4H2,1-2H3;3H2,1-2H3;1H/t24?,25?,29-,30-,31+,33+;22?,23?,27-,28-,29+,31+;;;/m00.../s1. The topological polar surface area (TPSA) is 379 Å². The number of carbonyl (C=O) groups is 16. The Balaban J connectivity index is 0.000000353. The molecular weight excluding hydrogens is 1620 g/mol. The van der Waals surface area contributed by atoms with E-state index in [2.05, 4.69) is 53.2 Å². The Hall–Kier alpha value is -9.21. The minimum atomic E-state index is -4.87. The molecule has 3 saturated heterocycles. The first-order chi connectivity index (χ1) is 55.7. The molecule has 122 heavy (non-hydrogen) atoms. The van der Waals surface area contributed by atoms with E-state index < -0.39 is 160 Å². The number of alkyl carbamates (subject to hydrolysis) is 1. The Kier molecular flexibility index (Phi) is 34.8. The lowest BCUT2D eigenvalue weighted by Gasteiger charge is -2.38. The maximum absolute atomic E-state index is 14.3. The van der Waals surface area contributed by atoms with Gasteiger partial charge < -0.3 is 50.8 Å². The number of halogens is 7. The van der Waals surface area contributed by atoms with Crippen LogP contribution in [-0.4, -0.2) is 208 Å². The van der Waals surface area contributed by atoms with Crippen molar-refractivity contribution in [1.82, 2.24) is 40.6 Å². The van der Waals surface area contributed by atoms with E-state index in [1.807, 2.05) is 40.7 Å². The molecule has 9 amide bonds. The number of fused-ring (bicyclic) bond motifs is 2. The van der Waals surface area contributed by atoms with Crippen molar-refractivity contribution in [2.24, 2.45) is 74.7 Å². The van der Waals surface area contributed by atoms with Gasteiger partial charge in [0, 0.05) is 104 Å². The Labute approximate surface area is 716 Å². The molecule has 28 nitrogen and oxygen atoms in total. The van der Waals surface area contributed by atoms with E-state index in [0.29, 0.717) is 58.2 Å². The number of Topliss-reactive ketones (excluding diaryl/α,β-unsaturated/α-hetero) is 6. The summed E-state index contributed by atoms with van der Waals surface area (Å²) in [5, 5.41) is 7.79. The number of nitrogens with one attached hydrogen (secondary N) is 3. The molecule has 3 aliphatic heterocycles. The van der Waals surface area contributed by atoms with E-state index >= 15 is 0 Å². The summed E-state index contributed by atoms with van der Waals surface area (Å²) in [6, 6.07) is 11.8. The number of amides is 9. The number of nitrogens with two attached hydrogens (primary N) is 1. The SMILES string of the molecule is CC(C)(OC(=O)ON1C(=O)CCC1=O)C(F)(F)F.CCC.CN(C)C(=O)[C@@H](NC(=O)CCC(=O)C(=O)C(CC(=O)[C@@H]1[C@@H]2C(CN1C(=O)[C@@H](N)C(C)(C)C)C2(C)C)CC1CC1)c1ccccc1.CN(C)C(=O)[C@@H](NC(=O)CCC(=O)C(=O)C(CC(=O)[C@@H]1[C@@H]2C(CN1C(=O)[C@@H](NC(=O)OC(C)(C)C(F)(F)F)C(C)(C)C)C2(C)C)CC1CC1)c1ccccc1.Cl. The maximum Gasteiger partial charge on any atom is 0.534 e. The van der Waals surface area contributed by atoms with Gasteiger partial charge in [-0.2, -0.15) is 26.3 Å². The van der Waals surface area contributed by atoms with Gasteiger partial charge in [0.05, 0.1) is 18.1 Å². The van der Waals surface area contributed by atoms with Gasteiger partial charge in [0.25, 0.3) is 11.8 Å². The number of ether oxygens (including phenoxy) is 2. The maximum atomic E-state index is 14.3. The van der Waals surface area contributed by atoms with Crippen LogP contribution >= 0.6 is 12.4 Å². The lowest BCUT2D eigenvalue weighted by atomic mass is 9.83. The monoisotopic (exact) mass is 1750 g/mol. The van der Waals surface area contributed by atoms with Gasteiger partial charge in [0.2, 0.25) is 58.2 Å². The van der Waals surface area contributed by atoms with Gasteiger partial charge in [0.1, 0.15) is 18.1 Å². The van der Waals surface area contributed by atoms with Crippen molar-refractivity contribution >= 4 is 107 Å². The fourth-order valence-electron chi connectivity index (χ4n) is 15.4. The molecule has 0 radical (unpaired) electrons. The van der Waals surface area contributed by atoms with Crippen molar-refractivity contribution in [3.63, 3.8) is 0 Å². The predicted octanol–water partition coefficient (Wildman–Crippen LogP) is 11.7. The number of rotatable bonds is 32. The first-order valence-corrected chi connectivity index (χ1v) is 41.2. The molecule has 5 N–H and O–H groups in total. The number of piperidine rings is 2. The highest BCUT2D eigenvalue weighted by molar-refractivity contribution is 6.39. The van der Waals surface area contributed by atoms with Gasteiger partial charge in [-0.1, -0.05) is 181 Å². The molecule has 0 bridgehead atoms. The molecule has 7 aliphatic rings. The zero-order valence-electron chi connectivity index (χ0n) is 73.6. The highest BCUT2D eigenvalue weighted by Crippen LogP contribution is 2.66. The summed E-state index contributed by atoms with van der Waals surface area (Å²) in [7, 11) is 6.30. The largest absolute Gasteiger partial charge is 0.534 e. The van der Waals surface area contributed by atoms with Gasteiger partial charge in [-0.05, 0) is 109 Å². The average Bonchev–Trinajstić information content (AvgIpc) is 1.53. The van der Waals surface area contributed by atoms with Crippen LogP contribution in [0.15, 0.2) is 60.7 Å². The van der Waals surface area contributed by atoms with Crippen molar-refractivity contribution in [1.29, 1.82) is 0 Å². The molecule has 12 atom stereocenters. The number of hydrogen-bond donors (Lipinski definition) is 4. The van der Waals surface area contributed by atoms with Gasteiger partial charge in [-0.25, -0.2) is 9.59 Å². The first kappa shape index (κ1) is 103. The summed E-state index contributed by atoms with van der Waals surface area (Å²) < 4.78 is 86.3. The minimum absolute atomic E-state index is 0. The molecular formula is C87H124ClF6N9O19. The number of hydrogen-bond acceptors (Lipinski definition) is 20. The summed E-state index contributed by atoms with van der Waals surface area (Å²) in [6.45, 7) is 26.2. The van der Waals surface area contributed by atoms with E-state index in [4.69, 9.17) is 10.5 Å². The van der Waals surface area contributed by atoms with E-state index in [-0.39, 0.29) is 139 Å². The number of likely N-dealkylation sites (N-methyl/N-ethyl adjacent to an activating group) is 2. The van der Waals surface area contributed by atoms with Crippen LogP contribution in [0.5, 0.6) is 0 Å². The average molecular weight is 1750 g/mol. The van der Waals surface area contributed by atoms with Crippen LogP contribution in [0.1, 0.15) is 230 Å². The van der Waals surface area contributed by atoms with Crippen LogP contribution in [0, 0.1) is 69.0 Å². The molecule has 4 aliphatic carbocycles. The lowest BCUT2D eigenvalue weighted by Crippen LogP contribution is -2.59. The molecule has 4 saturated carbocycles. The second-order valence-electron chi connectivity index (χ2n) is 37.7. The van der Waals surface area contributed by atoms with Crippen molar-refractivity contribution < 1.29 is 117 Å². The number of likely N-dealkylation sites (tertiary alicyclic amines) is 2. The Morgan fingerprint density at radius 1 is 0.516 bits per heavy atom. The summed E-state index contributed by atoms with van der Waals surface area (Å²) >= 11 is 0. The molecule has 35 heteroatoms. The number of alkyl halides is 6. The fraction of sp³-hybridized carbons (Fsp3) is 0.678. The fourth-order valence-corrected chi connectivity index (χ4v) is 15.4. The number of benzene rings is 2. The highest BCUT2D eigenvalue weighted by Gasteiger charge is 2.71. The number of carbonyl (C=O) groups excluding carboxylic acids is 16. The number of imide groups is 1. The van der Waals surface area contributed by atoms with Gasteiger partial charge in [-0.15, -0.1) is 12.4 Å². The van der Waals surface area contributed by atoms with Crippen molar-refractivity contribution in [2.45, 2.75) is 267 Å². The van der Waals surface area contributed by atoms with Crippen LogP contribution in [-0.2, 0) is 81.4 Å². The summed E-state index contributed by atoms with van der Waals surface area (Å²) in [5.41, 5.74) is -0.0122. The van der Waals surface area contributed by atoms with Gasteiger partial charge >= 0.3 is 24.6 Å². The quantitative estimate of drug-likeness (QED) is 0.0229. The zero-order valence-corrected chi connectivity index (χ0v) is 74.4. The van der Waals surface area contributed by atoms with Crippen molar-refractivity contribution in [3.05, 3.63) is 71.8 Å². The first-order valence-electron chi connectivity index (χ1n) is 41.2. The zero-order chi connectivity index (χ0) is 91.7. The molecule has 0 spiro atoms. The molecule has 0 aromatic heterocycles. The number of nitrogens with zero attached hydrogens (tertiary/aromatic N) is 5. The molecule has 2 aromatic carbocycles. The van der Waals surface area contributed by atoms with Crippen LogP contribution in [0.25, 0.3) is 0 Å². The predicted molar refractivity (Wildman–Crippen MR) is 436 cm³/mol. The molecule has 3 heterocycles. The minimum Gasteiger partial charge on any atom is -0.434 e.